The summed E-state index contributed by atoms with van der Waals surface area (Å²) in [6.45, 7) is 3.36. The molecule has 2 rings (SSSR count). The Morgan fingerprint density at radius 3 is 2.64 bits per heavy atom. The van der Waals surface area contributed by atoms with E-state index in [1.54, 1.807) is 28.6 Å². The molecule has 0 aromatic heterocycles. The zero-order chi connectivity index (χ0) is 16.0. The Hall–Kier alpha value is -0.720. The Labute approximate surface area is 139 Å². The second-order valence-corrected chi connectivity index (χ2v) is 7.88. The molecule has 6 heteroatoms. The minimum Gasteiger partial charge on any atom is -0.494 e. The van der Waals surface area contributed by atoms with Gasteiger partial charge in [-0.15, -0.1) is 0 Å². The fraction of sp³-hybridized carbons (Fsp3) is 0.625. The van der Waals surface area contributed by atoms with Crippen molar-refractivity contribution < 1.29 is 13.2 Å². The first-order valence-corrected chi connectivity index (χ1v) is 10.0. The first kappa shape index (κ1) is 17.6. The highest BCUT2D eigenvalue weighted by molar-refractivity contribution is 7.89. The van der Waals surface area contributed by atoms with E-state index in [4.69, 9.17) is 4.74 Å². The third-order valence-corrected chi connectivity index (χ3v) is 6.37. The summed E-state index contributed by atoms with van der Waals surface area (Å²) in [6.07, 6.45) is 4.95. The number of rotatable bonds is 7. The lowest BCUT2D eigenvalue weighted by Gasteiger charge is -2.33. The quantitative estimate of drug-likeness (QED) is 0.610. The van der Waals surface area contributed by atoms with Crippen molar-refractivity contribution in [1.29, 1.82) is 0 Å². The molecule has 0 amide bonds. The zero-order valence-corrected chi connectivity index (χ0v) is 14.8. The van der Waals surface area contributed by atoms with Crippen molar-refractivity contribution >= 4 is 22.7 Å². The highest BCUT2D eigenvalue weighted by Crippen LogP contribution is 2.27. The minimum absolute atomic E-state index is 0.00237. The van der Waals surface area contributed by atoms with Crippen molar-refractivity contribution in [3.05, 3.63) is 24.3 Å². The maximum atomic E-state index is 12.8. The highest BCUT2D eigenvalue weighted by atomic mass is 32.2. The van der Waals surface area contributed by atoms with Gasteiger partial charge in [0, 0.05) is 18.3 Å². The Morgan fingerprint density at radius 1 is 1.27 bits per heavy atom. The summed E-state index contributed by atoms with van der Waals surface area (Å²) in [6, 6.07) is 6.76. The predicted octanol–water partition coefficient (Wildman–Crippen LogP) is 3.34. The van der Waals surface area contributed by atoms with Crippen molar-refractivity contribution in [3.8, 4) is 5.75 Å². The van der Waals surface area contributed by atoms with Crippen molar-refractivity contribution in [2.24, 2.45) is 0 Å². The molecule has 0 bridgehead atoms. The molecule has 1 aromatic rings. The van der Waals surface area contributed by atoms with E-state index in [1.165, 1.54) is 0 Å². The monoisotopic (exact) mass is 343 g/mol. The van der Waals surface area contributed by atoms with Crippen LogP contribution in [0, 0.1) is 0 Å². The molecule has 1 atom stereocenters. The molecule has 1 aliphatic rings. The molecule has 1 unspecified atom stereocenters. The van der Waals surface area contributed by atoms with Crippen LogP contribution in [0.3, 0.4) is 0 Å². The lowest BCUT2D eigenvalue weighted by atomic mass is 10.1. The number of benzene rings is 1. The fourth-order valence-electron chi connectivity index (χ4n) is 2.65. The molecular weight excluding hydrogens is 318 g/mol. The van der Waals surface area contributed by atoms with Gasteiger partial charge in [-0.05, 0) is 43.5 Å². The molecule has 1 fully saturated rings. The molecule has 4 nitrogen and oxygen atoms in total. The van der Waals surface area contributed by atoms with Gasteiger partial charge in [-0.2, -0.15) is 16.9 Å². The van der Waals surface area contributed by atoms with E-state index < -0.39 is 10.0 Å². The van der Waals surface area contributed by atoms with Crippen molar-refractivity contribution in [3.63, 3.8) is 0 Å². The molecule has 1 aromatic carbocycles. The lowest BCUT2D eigenvalue weighted by Crippen LogP contribution is -2.44. The van der Waals surface area contributed by atoms with Gasteiger partial charge in [0.25, 0.3) is 0 Å². The normalized spacial score (nSPS) is 20.0. The van der Waals surface area contributed by atoms with E-state index in [0.717, 1.165) is 37.9 Å². The van der Waals surface area contributed by atoms with Crippen molar-refractivity contribution in [2.75, 3.05) is 18.9 Å². The van der Waals surface area contributed by atoms with Gasteiger partial charge in [-0.1, -0.05) is 19.8 Å². The molecule has 1 heterocycles. The van der Waals surface area contributed by atoms with Crippen LogP contribution in [0.4, 0.5) is 0 Å². The number of hydrogen-bond acceptors (Lipinski definition) is 4. The summed E-state index contributed by atoms with van der Waals surface area (Å²) >= 11 is 4.30. The van der Waals surface area contributed by atoms with Gasteiger partial charge in [-0.25, -0.2) is 8.42 Å². The lowest BCUT2D eigenvalue weighted by molar-refractivity contribution is 0.273. The van der Waals surface area contributed by atoms with E-state index in [2.05, 4.69) is 19.6 Å². The molecule has 1 saturated heterocycles. The van der Waals surface area contributed by atoms with Gasteiger partial charge in [0.1, 0.15) is 5.75 Å². The third-order valence-electron chi connectivity index (χ3n) is 3.98. The summed E-state index contributed by atoms with van der Waals surface area (Å²) in [4.78, 5) is 0.337. The van der Waals surface area contributed by atoms with E-state index in [9.17, 15) is 8.42 Å². The van der Waals surface area contributed by atoms with E-state index in [-0.39, 0.29) is 6.04 Å². The van der Waals surface area contributed by atoms with E-state index >= 15 is 0 Å². The topological polar surface area (TPSA) is 46.6 Å². The predicted molar refractivity (Wildman–Crippen MR) is 92.2 cm³/mol. The van der Waals surface area contributed by atoms with Crippen LogP contribution < -0.4 is 4.74 Å². The van der Waals surface area contributed by atoms with E-state index in [1.807, 2.05) is 0 Å². The Morgan fingerprint density at radius 2 is 2.00 bits per heavy atom. The van der Waals surface area contributed by atoms with Gasteiger partial charge in [0.2, 0.25) is 10.0 Å². The first-order valence-electron chi connectivity index (χ1n) is 7.95. The SMILES string of the molecule is CCCCOc1ccc(S(=O)(=O)N2CCCCC2CS)cc1. The number of nitrogens with zero attached hydrogens (tertiary/aromatic N) is 1. The van der Waals surface area contributed by atoms with Crippen molar-refractivity contribution in [1.82, 2.24) is 4.31 Å². The van der Waals surface area contributed by atoms with E-state index in [0.29, 0.717) is 23.8 Å². The number of thiol groups is 1. The minimum atomic E-state index is -3.44. The molecule has 0 spiro atoms. The van der Waals surface area contributed by atoms with Crippen LogP contribution in [0.2, 0.25) is 0 Å². The van der Waals surface area contributed by atoms with Crippen LogP contribution in [0.15, 0.2) is 29.2 Å². The molecule has 0 N–H and O–H groups in total. The summed E-state index contributed by atoms with van der Waals surface area (Å²) < 4.78 is 32.7. The second-order valence-electron chi connectivity index (χ2n) is 5.62. The Bertz CT molecular complexity index is 557. The van der Waals surface area contributed by atoms with Crippen LogP contribution >= 0.6 is 12.6 Å². The smallest absolute Gasteiger partial charge is 0.243 e. The van der Waals surface area contributed by atoms with Crippen LogP contribution in [0.25, 0.3) is 0 Å². The summed E-state index contributed by atoms with van der Waals surface area (Å²) in [5.74, 6) is 1.29. The molecule has 0 saturated carbocycles. The van der Waals surface area contributed by atoms with Crippen LogP contribution in [0.5, 0.6) is 5.75 Å². The number of unbranched alkanes of at least 4 members (excludes halogenated alkanes) is 1. The second kappa shape index (κ2) is 8.22. The molecule has 124 valence electrons. The number of hydrogen-bond donors (Lipinski definition) is 1. The van der Waals surface area contributed by atoms with Crippen LogP contribution in [-0.2, 0) is 10.0 Å². The standard InChI is InChI=1S/C16H25NO3S2/c1-2-3-12-20-15-7-9-16(10-8-15)22(18,19)17-11-5-4-6-14(17)13-21/h7-10,14,21H,2-6,11-13H2,1H3. The third kappa shape index (κ3) is 4.18. The van der Waals surface area contributed by atoms with Crippen molar-refractivity contribution in [2.45, 2.75) is 50.0 Å². The summed E-state index contributed by atoms with van der Waals surface area (Å²) in [5, 5.41) is 0. The molecule has 0 aliphatic carbocycles. The number of ether oxygens (including phenoxy) is 1. The van der Waals surface area contributed by atoms with Gasteiger partial charge in [0.15, 0.2) is 0 Å². The van der Waals surface area contributed by atoms with Gasteiger partial charge in [-0.3, -0.25) is 0 Å². The van der Waals surface area contributed by atoms with Crippen LogP contribution in [0.1, 0.15) is 39.0 Å². The molecular formula is C16H25NO3S2. The maximum absolute atomic E-state index is 12.8. The molecule has 1 aliphatic heterocycles. The van der Waals surface area contributed by atoms with Gasteiger partial charge >= 0.3 is 0 Å². The largest absolute Gasteiger partial charge is 0.494 e. The Balaban J connectivity index is 2.11. The summed E-state index contributed by atoms with van der Waals surface area (Å²) in [5.41, 5.74) is 0. The first-order chi connectivity index (χ1) is 10.6. The highest BCUT2D eigenvalue weighted by Gasteiger charge is 2.32. The molecule has 0 radical (unpaired) electrons. The average Bonchev–Trinajstić information content (AvgIpc) is 2.55. The van der Waals surface area contributed by atoms with Crippen LogP contribution in [-0.4, -0.2) is 37.7 Å². The van der Waals surface area contributed by atoms with Gasteiger partial charge in [0.05, 0.1) is 11.5 Å². The maximum Gasteiger partial charge on any atom is 0.243 e. The fourth-order valence-corrected chi connectivity index (χ4v) is 4.83. The number of piperidine rings is 1. The summed E-state index contributed by atoms with van der Waals surface area (Å²) in [7, 11) is -3.44. The zero-order valence-electron chi connectivity index (χ0n) is 13.1. The van der Waals surface area contributed by atoms with Gasteiger partial charge < -0.3 is 4.74 Å². The Kier molecular flexibility index (Phi) is 6.59. The molecule has 22 heavy (non-hydrogen) atoms. The number of sulfonamides is 1. The average molecular weight is 344 g/mol.